The van der Waals surface area contributed by atoms with Gasteiger partial charge in [0, 0.05) is 55.4 Å². The standard InChI is InChI=1S/C32H35FN4O6S/c1-20-29(34-28-3-2-10-37(32(40)30(20)28)18-23(38)17-36-11-13-43-14-12-36)16-26-25-15-24(8-9-27(25)35-31(26)39)44(41,42)19-21-4-6-22(33)7-5-21/h4-9,15-16,23,34,38H,2-3,10-14,17-19H2,1H3,(H,35,39)/b26-16-. The highest BCUT2D eigenvalue weighted by molar-refractivity contribution is 7.90. The number of hydrogen-bond acceptors (Lipinski definition) is 7. The van der Waals surface area contributed by atoms with Crippen LogP contribution in [0.25, 0.3) is 11.6 Å². The van der Waals surface area contributed by atoms with Crippen molar-refractivity contribution in [3.05, 3.63) is 81.9 Å². The van der Waals surface area contributed by atoms with Crippen LogP contribution in [0.15, 0.2) is 47.4 Å². The fourth-order valence-electron chi connectivity index (χ4n) is 6.11. The third kappa shape index (κ3) is 6.20. The third-order valence-corrected chi connectivity index (χ3v) is 10.1. The number of hydrogen-bond donors (Lipinski definition) is 3. The number of nitrogens with one attached hydrogen (secondary N) is 2. The lowest BCUT2D eigenvalue weighted by atomic mass is 10.0. The Bertz CT molecular complexity index is 1730. The average Bonchev–Trinajstić information content (AvgIpc) is 3.42. The zero-order chi connectivity index (χ0) is 31.0. The summed E-state index contributed by atoms with van der Waals surface area (Å²) in [6, 6.07) is 9.78. The molecule has 12 heteroatoms. The highest BCUT2D eigenvalue weighted by Gasteiger charge is 2.31. The van der Waals surface area contributed by atoms with Crippen LogP contribution in [-0.4, -0.2) is 92.2 Å². The molecule has 0 aliphatic carbocycles. The van der Waals surface area contributed by atoms with Gasteiger partial charge >= 0.3 is 0 Å². The Morgan fingerprint density at radius 2 is 1.82 bits per heavy atom. The quantitative estimate of drug-likeness (QED) is 0.329. The van der Waals surface area contributed by atoms with Gasteiger partial charge in [0.25, 0.3) is 11.8 Å². The summed E-state index contributed by atoms with van der Waals surface area (Å²) in [4.78, 5) is 33.9. The monoisotopic (exact) mass is 622 g/mol. The predicted octanol–water partition coefficient (Wildman–Crippen LogP) is 3.01. The molecular formula is C32H35FN4O6S. The summed E-state index contributed by atoms with van der Waals surface area (Å²) >= 11 is 0. The molecule has 3 aliphatic rings. The average molecular weight is 623 g/mol. The number of aliphatic hydroxyl groups excluding tert-OH is 1. The molecule has 1 aromatic heterocycles. The number of halogens is 1. The fourth-order valence-corrected chi connectivity index (χ4v) is 7.48. The predicted molar refractivity (Wildman–Crippen MR) is 163 cm³/mol. The summed E-state index contributed by atoms with van der Waals surface area (Å²) in [5, 5.41) is 13.6. The number of rotatable bonds is 8. The molecule has 232 valence electrons. The van der Waals surface area contributed by atoms with Gasteiger partial charge in [0.05, 0.1) is 41.1 Å². The maximum absolute atomic E-state index is 13.7. The van der Waals surface area contributed by atoms with Crippen molar-refractivity contribution < 1.29 is 32.2 Å². The van der Waals surface area contributed by atoms with Gasteiger partial charge in [-0.25, -0.2) is 12.8 Å². The largest absolute Gasteiger partial charge is 0.390 e. The van der Waals surface area contributed by atoms with E-state index in [9.17, 15) is 27.5 Å². The molecule has 2 amide bonds. The summed E-state index contributed by atoms with van der Waals surface area (Å²) in [6.07, 6.45) is 2.33. The maximum Gasteiger partial charge on any atom is 0.256 e. The third-order valence-electron chi connectivity index (χ3n) is 8.42. The Morgan fingerprint density at radius 3 is 2.57 bits per heavy atom. The number of aliphatic hydroxyl groups is 1. The molecule has 6 rings (SSSR count). The van der Waals surface area contributed by atoms with Crippen molar-refractivity contribution in [1.82, 2.24) is 14.8 Å². The van der Waals surface area contributed by atoms with Crippen LogP contribution in [0.2, 0.25) is 0 Å². The van der Waals surface area contributed by atoms with E-state index in [1.807, 2.05) is 6.92 Å². The Labute approximate surface area is 255 Å². The fraction of sp³-hybridized carbons (Fsp3) is 0.375. The van der Waals surface area contributed by atoms with E-state index >= 15 is 0 Å². The number of β-amino-alcohol motifs (C(OH)–C–C–N with tert-alkyl or cyclic N) is 1. The van der Waals surface area contributed by atoms with E-state index in [1.54, 1.807) is 17.0 Å². The number of aromatic amines is 1. The molecule has 10 nitrogen and oxygen atoms in total. The van der Waals surface area contributed by atoms with Crippen molar-refractivity contribution in [2.75, 3.05) is 51.3 Å². The van der Waals surface area contributed by atoms with Gasteiger partial charge in [-0.2, -0.15) is 0 Å². The molecule has 0 saturated carbocycles. The number of fused-ring (bicyclic) bond motifs is 2. The lowest BCUT2D eigenvalue weighted by Crippen LogP contribution is -2.46. The number of carbonyl (C=O) groups excluding carboxylic acids is 2. The highest BCUT2D eigenvalue weighted by Crippen LogP contribution is 2.36. The number of H-pyrrole nitrogens is 1. The van der Waals surface area contributed by atoms with E-state index in [-0.39, 0.29) is 34.6 Å². The van der Waals surface area contributed by atoms with Gasteiger partial charge in [0.1, 0.15) is 5.82 Å². The number of ether oxygens (including phenoxy) is 1. The van der Waals surface area contributed by atoms with E-state index in [4.69, 9.17) is 4.74 Å². The van der Waals surface area contributed by atoms with E-state index < -0.39 is 21.8 Å². The van der Waals surface area contributed by atoms with Gasteiger partial charge in [0.15, 0.2) is 9.84 Å². The number of morpholine rings is 1. The van der Waals surface area contributed by atoms with Gasteiger partial charge < -0.3 is 25.0 Å². The van der Waals surface area contributed by atoms with Gasteiger partial charge in [0.2, 0.25) is 0 Å². The van der Waals surface area contributed by atoms with Crippen LogP contribution in [0, 0.1) is 12.7 Å². The number of benzene rings is 2. The molecule has 3 aromatic rings. The zero-order valence-corrected chi connectivity index (χ0v) is 25.3. The minimum Gasteiger partial charge on any atom is -0.390 e. The minimum atomic E-state index is -3.79. The van der Waals surface area contributed by atoms with Crippen molar-refractivity contribution in [1.29, 1.82) is 0 Å². The van der Waals surface area contributed by atoms with Crippen molar-refractivity contribution in [3.8, 4) is 0 Å². The Balaban J connectivity index is 1.25. The Kier molecular flexibility index (Phi) is 8.42. The SMILES string of the molecule is Cc1c(/C=C2\C(=O)Nc3ccc(S(=O)(=O)Cc4ccc(F)cc4)cc32)[nH]c2c1C(=O)N(CC(O)CN1CCOCC1)CCC2. The lowest BCUT2D eigenvalue weighted by Gasteiger charge is -2.31. The number of nitrogens with zero attached hydrogens (tertiary/aromatic N) is 2. The summed E-state index contributed by atoms with van der Waals surface area (Å²) in [5.74, 6) is -1.30. The number of aromatic nitrogens is 1. The normalized spacial score (nSPS) is 19.1. The van der Waals surface area contributed by atoms with Crippen molar-refractivity contribution >= 4 is 39.0 Å². The van der Waals surface area contributed by atoms with Crippen LogP contribution < -0.4 is 5.32 Å². The molecule has 0 radical (unpaired) electrons. The summed E-state index contributed by atoms with van der Waals surface area (Å²) in [6.45, 7) is 5.82. The number of amides is 2. The Morgan fingerprint density at radius 1 is 1.07 bits per heavy atom. The van der Waals surface area contributed by atoms with Crippen LogP contribution >= 0.6 is 0 Å². The minimum absolute atomic E-state index is 0.0448. The molecule has 0 bridgehead atoms. The second kappa shape index (κ2) is 12.3. The first-order chi connectivity index (χ1) is 21.1. The van der Waals surface area contributed by atoms with Crippen LogP contribution in [-0.2, 0) is 31.5 Å². The topological polar surface area (TPSA) is 132 Å². The molecule has 3 aliphatic heterocycles. The van der Waals surface area contributed by atoms with Crippen LogP contribution in [0.3, 0.4) is 0 Å². The van der Waals surface area contributed by atoms with E-state index in [0.717, 1.165) is 25.2 Å². The van der Waals surface area contributed by atoms with E-state index in [0.29, 0.717) is 66.4 Å². The van der Waals surface area contributed by atoms with Gasteiger partial charge in [-0.1, -0.05) is 12.1 Å². The summed E-state index contributed by atoms with van der Waals surface area (Å²) in [5.41, 5.74) is 4.27. The molecular weight excluding hydrogens is 587 g/mol. The lowest BCUT2D eigenvalue weighted by molar-refractivity contribution is -0.110. The Hall–Kier alpha value is -3.84. The smallest absolute Gasteiger partial charge is 0.256 e. The summed E-state index contributed by atoms with van der Waals surface area (Å²) < 4.78 is 45.1. The maximum atomic E-state index is 13.7. The molecule has 2 aromatic carbocycles. The molecule has 3 N–H and O–H groups in total. The van der Waals surface area contributed by atoms with Gasteiger partial charge in [-0.3, -0.25) is 14.5 Å². The first kappa shape index (κ1) is 30.2. The van der Waals surface area contributed by atoms with E-state index in [2.05, 4.69) is 15.2 Å². The van der Waals surface area contributed by atoms with Crippen LogP contribution in [0.4, 0.5) is 10.1 Å². The molecule has 1 unspecified atom stereocenters. The second-order valence-corrected chi connectivity index (χ2v) is 13.5. The number of anilines is 1. The number of carbonyl (C=O) groups is 2. The van der Waals surface area contributed by atoms with Crippen molar-refractivity contribution in [2.45, 2.75) is 36.5 Å². The first-order valence-corrected chi connectivity index (χ1v) is 16.4. The van der Waals surface area contributed by atoms with Gasteiger partial charge in [-0.05, 0) is 67.3 Å². The van der Waals surface area contributed by atoms with E-state index in [1.165, 1.54) is 36.4 Å². The highest BCUT2D eigenvalue weighted by atomic mass is 32.2. The number of aryl methyl sites for hydroxylation is 1. The number of sulfone groups is 1. The molecule has 0 spiro atoms. The molecule has 44 heavy (non-hydrogen) atoms. The zero-order valence-electron chi connectivity index (χ0n) is 24.4. The van der Waals surface area contributed by atoms with Crippen LogP contribution in [0.1, 0.15) is 44.9 Å². The molecule has 1 atom stereocenters. The van der Waals surface area contributed by atoms with Crippen molar-refractivity contribution in [3.63, 3.8) is 0 Å². The van der Waals surface area contributed by atoms with Crippen LogP contribution in [0.5, 0.6) is 0 Å². The molecule has 1 fully saturated rings. The second-order valence-electron chi connectivity index (χ2n) is 11.5. The molecule has 1 saturated heterocycles. The first-order valence-electron chi connectivity index (χ1n) is 14.7. The van der Waals surface area contributed by atoms with Crippen molar-refractivity contribution in [2.24, 2.45) is 0 Å². The van der Waals surface area contributed by atoms with Gasteiger partial charge in [-0.15, -0.1) is 0 Å². The summed E-state index contributed by atoms with van der Waals surface area (Å²) in [7, 11) is -3.79. The molecule has 4 heterocycles.